The monoisotopic (exact) mass is 353 g/mol. The van der Waals surface area contributed by atoms with Gasteiger partial charge >= 0.3 is 0 Å². The number of anilines is 1. The van der Waals surface area contributed by atoms with Gasteiger partial charge in [-0.1, -0.05) is 18.2 Å². The van der Waals surface area contributed by atoms with Gasteiger partial charge in [0.1, 0.15) is 11.6 Å². The van der Waals surface area contributed by atoms with Gasteiger partial charge in [0.15, 0.2) is 0 Å². The maximum Gasteiger partial charge on any atom is 0.251 e. The fourth-order valence-corrected chi connectivity index (χ4v) is 3.33. The van der Waals surface area contributed by atoms with Gasteiger partial charge in [0, 0.05) is 37.3 Å². The number of rotatable bonds is 6. The molecule has 0 aliphatic carbocycles. The summed E-state index contributed by atoms with van der Waals surface area (Å²) in [6.07, 6.45) is 3.97. The number of pyridine rings is 1. The second kappa shape index (κ2) is 8.70. The third-order valence-corrected chi connectivity index (χ3v) is 4.76. The molecule has 1 aliphatic rings. The second-order valence-corrected chi connectivity index (χ2v) is 6.79. The van der Waals surface area contributed by atoms with Crippen molar-refractivity contribution in [2.75, 3.05) is 31.1 Å². The summed E-state index contributed by atoms with van der Waals surface area (Å²) in [5.41, 5.74) is 1.83. The van der Waals surface area contributed by atoms with E-state index in [1.165, 1.54) is 0 Å². The summed E-state index contributed by atoms with van der Waals surface area (Å²) in [4.78, 5) is 18.8. The summed E-state index contributed by atoms with van der Waals surface area (Å²) in [7, 11) is 0. The van der Waals surface area contributed by atoms with Gasteiger partial charge in [-0.05, 0) is 50.5 Å². The lowest BCUT2D eigenvalue weighted by molar-refractivity contribution is 0.0955. The van der Waals surface area contributed by atoms with E-state index in [4.69, 9.17) is 4.74 Å². The number of piperidine rings is 1. The topological polar surface area (TPSA) is 54.5 Å². The Morgan fingerprint density at radius 1 is 1.35 bits per heavy atom. The van der Waals surface area contributed by atoms with E-state index < -0.39 is 0 Å². The number of hydrogen-bond donors (Lipinski definition) is 1. The lowest BCUT2D eigenvalue weighted by Gasteiger charge is -2.33. The number of amides is 1. The van der Waals surface area contributed by atoms with Crippen molar-refractivity contribution in [1.82, 2.24) is 10.3 Å². The molecule has 0 radical (unpaired) electrons. The predicted molar refractivity (Wildman–Crippen MR) is 104 cm³/mol. The van der Waals surface area contributed by atoms with Crippen LogP contribution < -0.4 is 15.0 Å². The standard InChI is InChI=1S/C21H27N3O2/c1-3-22-21(25)18-10-11-23-20(13-18)24-12-6-8-17(14-24)15-26-19-9-5-4-7-16(19)2/h4-5,7,9-11,13,17H,3,6,8,12,14-15H2,1-2H3,(H,22,25)/t17-/m1/s1. The summed E-state index contributed by atoms with van der Waals surface area (Å²) in [6, 6.07) is 11.8. The number of nitrogens with zero attached hydrogens (tertiary/aromatic N) is 2. The maximum atomic E-state index is 12.1. The number of hydrogen-bond acceptors (Lipinski definition) is 4. The number of aromatic nitrogens is 1. The highest BCUT2D eigenvalue weighted by Gasteiger charge is 2.22. The maximum absolute atomic E-state index is 12.1. The molecule has 0 bridgehead atoms. The predicted octanol–water partition coefficient (Wildman–Crippen LogP) is 3.44. The van der Waals surface area contributed by atoms with Crippen molar-refractivity contribution < 1.29 is 9.53 Å². The third kappa shape index (κ3) is 4.54. The lowest BCUT2D eigenvalue weighted by atomic mass is 9.99. The van der Waals surface area contributed by atoms with Crippen LogP contribution in [0.2, 0.25) is 0 Å². The molecule has 3 rings (SSSR count). The summed E-state index contributed by atoms with van der Waals surface area (Å²) >= 11 is 0. The van der Waals surface area contributed by atoms with Crippen molar-refractivity contribution in [2.45, 2.75) is 26.7 Å². The van der Waals surface area contributed by atoms with Crippen LogP contribution in [0.15, 0.2) is 42.6 Å². The molecular weight excluding hydrogens is 326 g/mol. The van der Waals surface area contributed by atoms with Crippen LogP contribution in [-0.4, -0.2) is 37.1 Å². The van der Waals surface area contributed by atoms with Crippen molar-refractivity contribution in [3.63, 3.8) is 0 Å². The Kier molecular flexibility index (Phi) is 6.10. The summed E-state index contributed by atoms with van der Waals surface area (Å²) in [5.74, 6) is 2.24. The Labute approximate surface area is 155 Å². The first kappa shape index (κ1) is 18.2. The van der Waals surface area contributed by atoms with Crippen molar-refractivity contribution in [3.8, 4) is 5.75 Å². The zero-order valence-corrected chi connectivity index (χ0v) is 15.6. The molecule has 1 saturated heterocycles. The number of benzene rings is 1. The molecule has 1 aliphatic heterocycles. The number of nitrogens with one attached hydrogen (secondary N) is 1. The molecule has 1 fully saturated rings. The molecule has 0 spiro atoms. The van der Waals surface area contributed by atoms with E-state index in [9.17, 15) is 4.79 Å². The van der Waals surface area contributed by atoms with Gasteiger partial charge in [-0.25, -0.2) is 4.98 Å². The molecule has 1 atom stereocenters. The zero-order valence-electron chi connectivity index (χ0n) is 15.6. The molecule has 1 N–H and O–H groups in total. The van der Waals surface area contributed by atoms with Gasteiger partial charge in [-0.2, -0.15) is 0 Å². The SMILES string of the molecule is CCNC(=O)c1ccnc(N2CCC[C@@H](COc3ccccc3C)C2)c1. The molecule has 1 aromatic carbocycles. The summed E-state index contributed by atoms with van der Waals surface area (Å²) in [6.45, 7) is 7.18. The van der Waals surface area contributed by atoms with E-state index in [1.807, 2.05) is 31.2 Å². The minimum Gasteiger partial charge on any atom is -0.493 e. The highest BCUT2D eigenvalue weighted by atomic mass is 16.5. The molecule has 26 heavy (non-hydrogen) atoms. The van der Waals surface area contributed by atoms with Gasteiger partial charge in [0.2, 0.25) is 0 Å². The van der Waals surface area contributed by atoms with E-state index in [0.717, 1.165) is 43.1 Å². The number of aryl methyl sites for hydroxylation is 1. The first-order valence-corrected chi connectivity index (χ1v) is 9.35. The average molecular weight is 353 g/mol. The Morgan fingerprint density at radius 2 is 2.19 bits per heavy atom. The van der Waals surface area contributed by atoms with Crippen LogP contribution in [-0.2, 0) is 0 Å². The minimum atomic E-state index is -0.0485. The first-order valence-electron chi connectivity index (χ1n) is 9.35. The number of para-hydroxylation sites is 1. The van der Waals surface area contributed by atoms with Crippen molar-refractivity contribution in [2.24, 2.45) is 5.92 Å². The Morgan fingerprint density at radius 3 is 3.00 bits per heavy atom. The van der Waals surface area contributed by atoms with Gasteiger partial charge in [0.25, 0.3) is 5.91 Å². The quantitative estimate of drug-likeness (QED) is 0.864. The molecule has 2 aromatic rings. The first-order chi connectivity index (χ1) is 12.7. The normalized spacial score (nSPS) is 17.0. The molecule has 0 unspecified atom stereocenters. The highest BCUT2D eigenvalue weighted by molar-refractivity contribution is 5.94. The third-order valence-electron chi connectivity index (χ3n) is 4.76. The van der Waals surface area contributed by atoms with Crippen LogP contribution in [0.1, 0.15) is 35.7 Å². The van der Waals surface area contributed by atoms with E-state index in [-0.39, 0.29) is 5.91 Å². The molecule has 138 valence electrons. The van der Waals surface area contributed by atoms with Crippen LogP contribution >= 0.6 is 0 Å². The smallest absolute Gasteiger partial charge is 0.251 e. The minimum absolute atomic E-state index is 0.0485. The van der Waals surface area contributed by atoms with Gasteiger partial charge in [-0.15, -0.1) is 0 Å². The summed E-state index contributed by atoms with van der Waals surface area (Å²) < 4.78 is 6.04. The molecule has 5 nitrogen and oxygen atoms in total. The fraction of sp³-hybridized carbons (Fsp3) is 0.429. The number of carbonyl (C=O) groups is 1. The Hall–Kier alpha value is -2.56. The highest BCUT2D eigenvalue weighted by Crippen LogP contribution is 2.24. The molecule has 2 heterocycles. The Bertz CT molecular complexity index is 748. The van der Waals surface area contributed by atoms with Crippen LogP contribution in [0.5, 0.6) is 5.75 Å². The van der Waals surface area contributed by atoms with Gasteiger partial charge in [0.05, 0.1) is 6.61 Å². The van der Waals surface area contributed by atoms with Crippen LogP contribution in [0.4, 0.5) is 5.82 Å². The van der Waals surface area contributed by atoms with Gasteiger partial charge < -0.3 is 15.0 Å². The zero-order chi connectivity index (χ0) is 18.4. The van der Waals surface area contributed by atoms with Crippen LogP contribution in [0, 0.1) is 12.8 Å². The van der Waals surface area contributed by atoms with Crippen LogP contribution in [0.3, 0.4) is 0 Å². The molecule has 1 amide bonds. The van der Waals surface area contributed by atoms with E-state index in [2.05, 4.69) is 28.2 Å². The van der Waals surface area contributed by atoms with E-state index in [1.54, 1.807) is 12.3 Å². The molecule has 5 heteroatoms. The van der Waals surface area contributed by atoms with Crippen molar-refractivity contribution in [1.29, 1.82) is 0 Å². The van der Waals surface area contributed by atoms with Crippen LogP contribution in [0.25, 0.3) is 0 Å². The van der Waals surface area contributed by atoms with Crippen molar-refractivity contribution in [3.05, 3.63) is 53.7 Å². The molecular formula is C21H27N3O2. The largest absolute Gasteiger partial charge is 0.493 e. The second-order valence-electron chi connectivity index (χ2n) is 6.79. The fourth-order valence-electron chi connectivity index (χ4n) is 3.33. The van der Waals surface area contributed by atoms with Gasteiger partial charge in [-0.3, -0.25) is 4.79 Å². The van der Waals surface area contributed by atoms with E-state index in [0.29, 0.717) is 24.6 Å². The van der Waals surface area contributed by atoms with Crippen molar-refractivity contribution >= 4 is 11.7 Å². The summed E-state index contributed by atoms with van der Waals surface area (Å²) in [5, 5.41) is 2.84. The molecule has 1 aromatic heterocycles. The number of ether oxygens (including phenoxy) is 1. The Balaban J connectivity index is 1.62. The number of carbonyl (C=O) groups excluding carboxylic acids is 1. The van der Waals surface area contributed by atoms with E-state index >= 15 is 0 Å². The lowest BCUT2D eigenvalue weighted by Crippen LogP contribution is -2.38. The molecule has 0 saturated carbocycles. The average Bonchev–Trinajstić information content (AvgIpc) is 2.68.